The summed E-state index contributed by atoms with van der Waals surface area (Å²) in [5.74, 6) is -0.247. The summed E-state index contributed by atoms with van der Waals surface area (Å²) in [7, 11) is 0. The molecule has 0 aromatic rings. The van der Waals surface area contributed by atoms with Gasteiger partial charge in [-0.15, -0.1) is 0 Å². The van der Waals surface area contributed by atoms with Gasteiger partial charge in [-0.2, -0.15) is 5.06 Å². The van der Waals surface area contributed by atoms with Crippen LogP contribution in [0.15, 0.2) is 11.6 Å². The van der Waals surface area contributed by atoms with Crippen molar-refractivity contribution in [1.29, 1.82) is 0 Å². The lowest BCUT2D eigenvalue weighted by Gasteiger charge is -2.35. The van der Waals surface area contributed by atoms with E-state index >= 15 is 0 Å². The first-order chi connectivity index (χ1) is 7.23. The molecule has 3 N–H and O–H groups in total. The van der Waals surface area contributed by atoms with Crippen molar-refractivity contribution >= 4 is 5.91 Å². The molecule has 16 heavy (non-hydrogen) atoms. The predicted molar refractivity (Wildman–Crippen MR) is 60.0 cm³/mol. The highest BCUT2D eigenvalue weighted by Gasteiger charge is 2.47. The van der Waals surface area contributed by atoms with Crippen molar-refractivity contribution in [3.05, 3.63) is 11.6 Å². The molecule has 0 saturated heterocycles. The molecule has 0 atom stereocenters. The van der Waals surface area contributed by atoms with Crippen LogP contribution in [0.5, 0.6) is 0 Å². The fourth-order valence-corrected chi connectivity index (χ4v) is 2.03. The second-order valence-electron chi connectivity index (χ2n) is 5.06. The Morgan fingerprint density at radius 3 is 2.38 bits per heavy atom. The van der Waals surface area contributed by atoms with Crippen LogP contribution in [-0.2, 0) is 4.79 Å². The van der Waals surface area contributed by atoms with Gasteiger partial charge in [-0.3, -0.25) is 4.79 Å². The number of aliphatic hydroxyl groups is 1. The number of hydrogen-bond acceptors (Lipinski definition) is 4. The highest BCUT2D eigenvalue weighted by atomic mass is 16.5. The Balaban J connectivity index is 2.92. The van der Waals surface area contributed by atoms with Crippen LogP contribution in [0.25, 0.3) is 0 Å². The van der Waals surface area contributed by atoms with Gasteiger partial charge in [0.15, 0.2) is 0 Å². The second-order valence-corrected chi connectivity index (χ2v) is 5.06. The Bertz CT molecular complexity index is 321. The summed E-state index contributed by atoms with van der Waals surface area (Å²) in [6.45, 7) is 7.37. The molecule has 0 aliphatic carbocycles. The van der Waals surface area contributed by atoms with Crippen molar-refractivity contribution in [2.24, 2.45) is 0 Å². The lowest BCUT2D eigenvalue weighted by atomic mass is 9.96. The number of hydrogen-bond donors (Lipinski definition) is 3. The summed E-state index contributed by atoms with van der Waals surface area (Å²) in [5.41, 5.74) is -0.758. The van der Waals surface area contributed by atoms with Crippen LogP contribution in [0.2, 0.25) is 0 Å². The van der Waals surface area contributed by atoms with E-state index in [4.69, 9.17) is 5.11 Å². The van der Waals surface area contributed by atoms with Gasteiger partial charge in [0.25, 0.3) is 0 Å². The normalized spacial score (nSPS) is 23.0. The van der Waals surface area contributed by atoms with Gasteiger partial charge in [-0.05, 0) is 27.7 Å². The quantitative estimate of drug-likeness (QED) is 0.649. The molecule has 0 aromatic heterocycles. The number of hydroxylamine groups is 2. The molecule has 0 unspecified atom stereocenters. The van der Waals surface area contributed by atoms with E-state index in [1.165, 1.54) is 5.06 Å². The maximum Gasteiger partial charge on any atom is 0.248 e. The van der Waals surface area contributed by atoms with Crippen LogP contribution < -0.4 is 5.32 Å². The molecular formula is C11H20N2O3. The standard InChI is InChI=1S/C11H20N2O3/c1-10(2)7-8(9(15)12-5-6-14)11(3,4)13(10)16/h7,14,16H,5-6H2,1-4H3,(H,12,15). The molecule has 5 nitrogen and oxygen atoms in total. The lowest BCUT2D eigenvalue weighted by molar-refractivity contribution is -0.186. The average Bonchev–Trinajstić information content (AvgIpc) is 2.35. The number of nitrogens with one attached hydrogen (secondary N) is 1. The van der Waals surface area contributed by atoms with Crippen LogP contribution in [0.4, 0.5) is 0 Å². The minimum atomic E-state index is -0.719. The zero-order chi connectivity index (χ0) is 12.6. The molecule has 0 fully saturated rings. The third kappa shape index (κ3) is 2.11. The molecule has 1 aliphatic heterocycles. The van der Waals surface area contributed by atoms with E-state index in [9.17, 15) is 10.0 Å². The van der Waals surface area contributed by atoms with E-state index in [0.29, 0.717) is 5.57 Å². The molecule has 0 radical (unpaired) electrons. The first-order valence-corrected chi connectivity index (χ1v) is 5.35. The van der Waals surface area contributed by atoms with E-state index in [2.05, 4.69) is 5.32 Å². The van der Waals surface area contributed by atoms with Gasteiger partial charge in [0.2, 0.25) is 5.91 Å². The first kappa shape index (κ1) is 13.2. The average molecular weight is 228 g/mol. The van der Waals surface area contributed by atoms with Gasteiger partial charge in [-0.25, -0.2) is 0 Å². The summed E-state index contributed by atoms with van der Waals surface area (Å²) < 4.78 is 0. The van der Waals surface area contributed by atoms with Crippen LogP contribution in [0.3, 0.4) is 0 Å². The van der Waals surface area contributed by atoms with Crippen molar-refractivity contribution in [1.82, 2.24) is 10.4 Å². The minimum absolute atomic E-state index is 0.0916. The van der Waals surface area contributed by atoms with Gasteiger partial charge < -0.3 is 15.6 Å². The summed E-state index contributed by atoms with van der Waals surface area (Å²) in [4.78, 5) is 11.8. The van der Waals surface area contributed by atoms with Crippen molar-refractivity contribution in [2.45, 2.75) is 38.8 Å². The molecule has 0 saturated carbocycles. The Labute approximate surface area is 95.7 Å². The highest BCUT2D eigenvalue weighted by Crippen LogP contribution is 2.38. The summed E-state index contributed by atoms with van der Waals surface area (Å²) in [6, 6.07) is 0. The molecule has 0 bridgehead atoms. The third-order valence-corrected chi connectivity index (χ3v) is 2.87. The SMILES string of the molecule is CC1(C)C=C(C(=O)NCCO)C(C)(C)N1O. The van der Waals surface area contributed by atoms with E-state index in [0.717, 1.165) is 0 Å². The smallest absolute Gasteiger partial charge is 0.248 e. The maximum atomic E-state index is 11.8. The molecule has 1 aliphatic rings. The molecule has 1 amide bonds. The van der Waals surface area contributed by atoms with Crippen LogP contribution in [0.1, 0.15) is 27.7 Å². The zero-order valence-electron chi connectivity index (χ0n) is 10.2. The number of nitrogens with zero attached hydrogens (tertiary/aromatic N) is 1. The van der Waals surface area contributed by atoms with Gasteiger partial charge in [0.05, 0.1) is 17.7 Å². The molecular weight excluding hydrogens is 208 g/mol. The van der Waals surface area contributed by atoms with E-state index in [-0.39, 0.29) is 19.1 Å². The Hall–Kier alpha value is -0.910. The zero-order valence-corrected chi connectivity index (χ0v) is 10.2. The van der Waals surface area contributed by atoms with Crippen molar-refractivity contribution < 1.29 is 15.1 Å². The van der Waals surface area contributed by atoms with Gasteiger partial charge >= 0.3 is 0 Å². The molecule has 0 aromatic carbocycles. The Kier molecular flexibility index (Phi) is 3.42. The van der Waals surface area contributed by atoms with E-state index in [1.807, 2.05) is 13.8 Å². The third-order valence-electron chi connectivity index (χ3n) is 2.87. The van der Waals surface area contributed by atoms with Crippen molar-refractivity contribution in [3.8, 4) is 0 Å². The molecule has 92 valence electrons. The largest absolute Gasteiger partial charge is 0.395 e. The van der Waals surface area contributed by atoms with Gasteiger partial charge in [-0.1, -0.05) is 6.08 Å². The summed E-state index contributed by atoms with van der Waals surface area (Å²) in [6.07, 6.45) is 1.75. The van der Waals surface area contributed by atoms with Crippen LogP contribution in [-0.4, -0.2) is 45.5 Å². The molecule has 1 rings (SSSR count). The Morgan fingerprint density at radius 1 is 1.44 bits per heavy atom. The predicted octanol–water partition coefficient (Wildman–Crippen LogP) is 0.283. The van der Waals surface area contributed by atoms with Crippen molar-refractivity contribution in [2.75, 3.05) is 13.2 Å². The molecule has 5 heteroatoms. The molecule has 1 heterocycles. The van der Waals surface area contributed by atoms with Crippen LogP contribution in [0, 0.1) is 0 Å². The van der Waals surface area contributed by atoms with Crippen LogP contribution >= 0.6 is 0 Å². The van der Waals surface area contributed by atoms with E-state index in [1.54, 1.807) is 19.9 Å². The number of carbonyl (C=O) groups is 1. The number of carbonyl (C=O) groups excluding carboxylic acids is 1. The van der Waals surface area contributed by atoms with Gasteiger partial charge in [0.1, 0.15) is 0 Å². The Morgan fingerprint density at radius 2 is 2.00 bits per heavy atom. The second kappa shape index (κ2) is 4.16. The monoisotopic (exact) mass is 228 g/mol. The fourth-order valence-electron chi connectivity index (χ4n) is 2.03. The number of rotatable bonds is 3. The summed E-state index contributed by atoms with van der Waals surface area (Å²) >= 11 is 0. The number of amides is 1. The van der Waals surface area contributed by atoms with Gasteiger partial charge in [0, 0.05) is 12.1 Å². The van der Waals surface area contributed by atoms with E-state index < -0.39 is 11.1 Å². The fraction of sp³-hybridized carbons (Fsp3) is 0.727. The number of aliphatic hydroxyl groups excluding tert-OH is 1. The molecule has 0 spiro atoms. The topological polar surface area (TPSA) is 72.8 Å². The first-order valence-electron chi connectivity index (χ1n) is 5.35. The summed E-state index contributed by atoms with van der Waals surface area (Å²) in [5, 5.41) is 22.4. The van der Waals surface area contributed by atoms with Crippen molar-refractivity contribution in [3.63, 3.8) is 0 Å². The lowest BCUT2D eigenvalue weighted by Crippen LogP contribution is -2.49. The maximum absolute atomic E-state index is 11.8. The minimum Gasteiger partial charge on any atom is -0.395 e. The highest BCUT2D eigenvalue weighted by molar-refractivity contribution is 5.96.